The van der Waals surface area contributed by atoms with E-state index in [-0.39, 0.29) is 0 Å². The average Bonchev–Trinajstić information content (AvgIpc) is 1.62. The third-order valence-corrected chi connectivity index (χ3v) is 0.888. The molecule has 0 bridgehead atoms. The van der Waals surface area contributed by atoms with E-state index in [0.29, 0.717) is 0 Å². The maximum absolute atomic E-state index is 9.74. The molecule has 0 aromatic carbocycles. The van der Waals surface area contributed by atoms with E-state index in [0.717, 1.165) is 0 Å². The summed E-state index contributed by atoms with van der Waals surface area (Å²) in [6, 6.07) is -0.900. The van der Waals surface area contributed by atoms with Crippen LogP contribution in [0.5, 0.6) is 0 Å². The van der Waals surface area contributed by atoms with E-state index in [9.17, 15) is 4.79 Å². The molecule has 3 heteroatoms. The van der Waals surface area contributed by atoms with Crippen molar-refractivity contribution in [1.82, 2.24) is 0 Å². The fourth-order valence-corrected chi connectivity index (χ4v) is 0.144. The van der Waals surface area contributed by atoms with Crippen LogP contribution in [0.25, 0.3) is 0 Å². The van der Waals surface area contributed by atoms with Gasteiger partial charge < -0.3 is 10.8 Å². The van der Waals surface area contributed by atoms with Gasteiger partial charge in [-0.1, -0.05) is 0 Å². The van der Waals surface area contributed by atoms with Gasteiger partial charge in [-0.2, -0.15) is 0 Å². The fourth-order valence-electron chi connectivity index (χ4n) is 0.144. The van der Waals surface area contributed by atoms with Crippen LogP contribution in [-0.2, 0) is 4.79 Å². The molecule has 0 fully saturated rings. The van der Waals surface area contributed by atoms with Crippen molar-refractivity contribution < 1.29 is 9.90 Å². The normalized spacial score (nSPS) is 15.5. The lowest BCUT2D eigenvalue weighted by Gasteiger charge is -2.18. The van der Waals surface area contributed by atoms with Gasteiger partial charge in [0.25, 0.3) is 0 Å². The Kier molecular flexibility index (Phi) is 2.12. The Balaban J connectivity index is 3.80. The molecule has 0 rings (SSSR count). The minimum Gasteiger partial charge on any atom is -0.388 e. The van der Waals surface area contributed by atoms with Crippen molar-refractivity contribution in [3.05, 3.63) is 0 Å². The van der Waals surface area contributed by atoms with Gasteiger partial charge in [-0.25, -0.2) is 0 Å². The van der Waals surface area contributed by atoms with Gasteiger partial charge in [-0.05, 0) is 13.8 Å². The zero-order chi connectivity index (χ0) is 6.78. The maximum Gasteiger partial charge on any atom is 0.219 e. The molecule has 1 atom stereocenters. The predicted molar refractivity (Wildman–Crippen MR) is 30.0 cm³/mol. The molecule has 0 aliphatic rings. The summed E-state index contributed by atoms with van der Waals surface area (Å²) >= 11 is 0. The summed E-state index contributed by atoms with van der Waals surface area (Å²) in [5.74, 6) is 0. The monoisotopic (exact) mass is 116 g/mol. The van der Waals surface area contributed by atoms with E-state index in [1.165, 1.54) is 20.1 Å². The van der Waals surface area contributed by atoms with Gasteiger partial charge in [-0.3, -0.25) is 4.79 Å². The molecular formula is C5H10NO2. The maximum atomic E-state index is 9.74. The zero-order valence-electron chi connectivity index (χ0n) is 5.01. The van der Waals surface area contributed by atoms with Crippen LogP contribution in [-0.4, -0.2) is 23.0 Å². The molecule has 0 aliphatic heterocycles. The minimum absolute atomic E-state index is 0.900. The SMILES string of the molecule is CC(C)(O)[C@H](N)[C]=O. The first kappa shape index (κ1) is 7.59. The van der Waals surface area contributed by atoms with Crippen molar-refractivity contribution in [3.8, 4) is 0 Å². The first-order valence-electron chi connectivity index (χ1n) is 2.34. The average molecular weight is 116 g/mol. The highest BCUT2D eigenvalue weighted by Crippen LogP contribution is 2.02. The molecule has 0 unspecified atom stereocenters. The molecular weight excluding hydrogens is 106 g/mol. The van der Waals surface area contributed by atoms with Crippen LogP contribution in [0.1, 0.15) is 13.8 Å². The van der Waals surface area contributed by atoms with Gasteiger partial charge in [0.1, 0.15) is 6.04 Å². The summed E-state index contributed by atoms with van der Waals surface area (Å²) in [6.45, 7) is 2.92. The number of rotatable bonds is 2. The third kappa shape index (κ3) is 2.04. The molecule has 0 aromatic rings. The van der Waals surface area contributed by atoms with Gasteiger partial charge in [0.15, 0.2) is 0 Å². The second-order valence-corrected chi connectivity index (χ2v) is 2.25. The van der Waals surface area contributed by atoms with Gasteiger partial charge >= 0.3 is 0 Å². The summed E-state index contributed by atoms with van der Waals surface area (Å²) in [5.41, 5.74) is 3.94. The molecule has 0 spiro atoms. The highest BCUT2D eigenvalue weighted by molar-refractivity contribution is 5.59. The second-order valence-electron chi connectivity index (χ2n) is 2.25. The Bertz CT molecular complexity index is 84.9. The molecule has 8 heavy (non-hydrogen) atoms. The highest BCUT2D eigenvalue weighted by atomic mass is 16.3. The van der Waals surface area contributed by atoms with Crippen molar-refractivity contribution in [2.24, 2.45) is 5.73 Å². The Hall–Kier alpha value is -0.410. The first-order chi connectivity index (χ1) is 3.48. The van der Waals surface area contributed by atoms with Crippen LogP contribution in [0.15, 0.2) is 0 Å². The fraction of sp³-hybridized carbons (Fsp3) is 0.800. The largest absolute Gasteiger partial charge is 0.388 e. The molecule has 0 heterocycles. The summed E-state index contributed by atoms with van der Waals surface area (Å²) in [6.07, 6.45) is 1.48. The van der Waals surface area contributed by atoms with Crippen molar-refractivity contribution >= 4 is 6.29 Å². The molecule has 0 amide bonds. The quantitative estimate of drug-likeness (QED) is 0.496. The van der Waals surface area contributed by atoms with Crippen LogP contribution in [0, 0.1) is 0 Å². The molecule has 0 aliphatic carbocycles. The molecule has 47 valence electrons. The lowest BCUT2D eigenvalue weighted by molar-refractivity contribution is 0.0721. The third-order valence-electron chi connectivity index (χ3n) is 0.888. The topological polar surface area (TPSA) is 63.3 Å². The van der Waals surface area contributed by atoms with E-state index in [4.69, 9.17) is 10.8 Å². The summed E-state index contributed by atoms with van der Waals surface area (Å²) in [5, 5.41) is 8.90. The summed E-state index contributed by atoms with van der Waals surface area (Å²) < 4.78 is 0. The Morgan fingerprint density at radius 3 is 2.12 bits per heavy atom. The second kappa shape index (κ2) is 2.24. The van der Waals surface area contributed by atoms with Gasteiger partial charge in [0.2, 0.25) is 6.29 Å². The standard InChI is InChI=1S/C5H10NO2/c1-5(2,8)4(6)3-7/h4,8H,6H2,1-2H3/t4-/m1/s1. The Morgan fingerprint density at radius 1 is 1.75 bits per heavy atom. The van der Waals surface area contributed by atoms with E-state index < -0.39 is 11.6 Å². The predicted octanol–water partition coefficient (Wildman–Crippen LogP) is -0.806. The number of nitrogens with two attached hydrogens (primary N) is 1. The molecule has 1 radical (unpaired) electrons. The smallest absolute Gasteiger partial charge is 0.219 e. The number of carbonyl (C=O) groups excluding carboxylic acids is 1. The van der Waals surface area contributed by atoms with Crippen molar-refractivity contribution in [3.63, 3.8) is 0 Å². The Morgan fingerprint density at radius 2 is 2.12 bits per heavy atom. The molecule has 3 N–H and O–H groups in total. The zero-order valence-corrected chi connectivity index (χ0v) is 5.01. The highest BCUT2D eigenvalue weighted by Gasteiger charge is 2.22. The van der Waals surface area contributed by atoms with Gasteiger partial charge in [0, 0.05) is 0 Å². The van der Waals surface area contributed by atoms with Crippen molar-refractivity contribution in [1.29, 1.82) is 0 Å². The lowest BCUT2D eigenvalue weighted by atomic mass is 10.0. The molecule has 0 aromatic heterocycles. The van der Waals surface area contributed by atoms with Crippen molar-refractivity contribution in [2.45, 2.75) is 25.5 Å². The Labute approximate surface area is 48.5 Å². The van der Waals surface area contributed by atoms with E-state index in [2.05, 4.69) is 0 Å². The van der Waals surface area contributed by atoms with Crippen molar-refractivity contribution in [2.75, 3.05) is 0 Å². The molecule has 3 nitrogen and oxygen atoms in total. The molecule has 0 saturated heterocycles. The summed E-state index contributed by atoms with van der Waals surface area (Å²) in [4.78, 5) is 9.74. The van der Waals surface area contributed by atoms with E-state index >= 15 is 0 Å². The van der Waals surface area contributed by atoms with Crippen LogP contribution >= 0.6 is 0 Å². The van der Waals surface area contributed by atoms with Crippen LogP contribution in [0.3, 0.4) is 0 Å². The van der Waals surface area contributed by atoms with Crippen LogP contribution < -0.4 is 5.73 Å². The van der Waals surface area contributed by atoms with E-state index in [1.807, 2.05) is 0 Å². The number of hydrogen-bond acceptors (Lipinski definition) is 3. The summed E-state index contributed by atoms with van der Waals surface area (Å²) in [7, 11) is 0. The number of hydrogen-bond donors (Lipinski definition) is 2. The first-order valence-corrected chi connectivity index (χ1v) is 2.34. The van der Waals surface area contributed by atoms with E-state index in [1.54, 1.807) is 0 Å². The molecule has 0 saturated carbocycles. The van der Waals surface area contributed by atoms with Crippen LogP contribution in [0.4, 0.5) is 0 Å². The lowest BCUT2D eigenvalue weighted by Crippen LogP contribution is -2.43. The van der Waals surface area contributed by atoms with Crippen LogP contribution in [0.2, 0.25) is 0 Å². The minimum atomic E-state index is -1.14. The number of aliphatic hydroxyl groups is 1. The van der Waals surface area contributed by atoms with Gasteiger partial charge in [-0.15, -0.1) is 0 Å². The van der Waals surface area contributed by atoms with Gasteiger partial charge in [0.05, 0.1) is 5.60 Å².